The zero-order chi connectivity index (χ0) is 19.1. The fourth-order valence-corrected chi connectivity index (χ4v) is 3.52. The van der Waals surface area contributed by atoms with Crippen molar-refractivity contribution in [3.05, 3.63) is 65.2 Å². The quantitative estimate of drug-likeness (QED) is 0.817. The standard InChI is InChI=1S/C20H19FO4S/c1-20(2)19(22)17(15-6-4-5-13(11-15)12-21)18(25-20)14-7-9-16(10-8-14)26(3,23)24/h4-11H,12H2,1-3H3. The van der Waals surface area contributed by atoms with Gasteiger partial charge in [-0.25, -0.2) is 12.8 Å². The summed E-state index contributed by atoms with van der Waals surface area (Å²) in [5.74, 6) is 0.173. The Morgan fingerprint density at radius 3 is 2.27 bits per heavy atom. The Bertz CT molecular complexity index is 1000. The van der Waals surface area contributed by atoms with E-state index >= 15 is 0 Å². The molecule has 0 saturated heterocycles. The highest BCUT2D eigenvalue weighted by molar-refractivity contribution is 7.90. The molecule has 0 fully saturated rings. The summed E-state index contributed by atoms with van der Waals surface area (Å²) in [6.45, 7) is 2.72. The third-order valence-electron chi connectivity index (χ3n) is 4.27. The first-order valence-corrected chi connectivity index (χ1v) is 9.96. The minimum absolute atomic E-state index is 0.186. The summed E-state index contributed by atoms with van der Waals surface area (Å²) in [5, 5.41) is 0. The first kappa shape index (κ1) is 18.3. The van der Waals surface area contributed by atoms with Gasteiger partial charge in [-0.3, -0.25) is 4.79 Å². The number of carbonyl (C=O) groups is 1. The van der Waals surface area contributed by atoms with E-state index in [1.54, 1.807) is 50.2 Å². The van der Waals surface area contributed by atoms with Crippen molar-refractivity contribution in [3.8, 4) is 0 Å². The third kappa shape index (κ3) is 3.29. The van der Waals surface area contributed by atoms with Crippen LogP contribution >= 0.6 is 0 Å². The maximum atomic E-state index is 13.0. The average Bonchev–Trinajstić information content (AvgIpc) is 2.84. The van der Waals surface area contributed by atoms with Crippen LogP contribution in [0.15, 0.2) is 53.4 Å². The van der Waals surface area contributed by atoms with Gasteiger partial charge >= 0.3 is 0 Å². The van der Waals surface area contributed by atoms with Crippen LogP contribution in [0, 0.1) is 0 Å². The number of rotatable bonds is 4. The molecule has 26 heavy (non-hydrogen) atoms. The molecular formula is C20H19FO4S. The Morgan fingerprint density at radius 2 is 1.69 bits per heavy atom. The topological polar surface area (TPSA) is 60.4 Å². The van der Waals surface area contributed by atoms with Gasteiger partial charge in [0.05, 0.1) is 10.5 Å². The lowest BCUT2D eigenvalue weighted by Gasteiger charge is -2.17. The number of hydrogen-bond donors (Lipinski definition) is 0. The van der Waals surface area contributed by atoms with Crippen molar-refractivity contribution in [1.29, 1.82) is 0 Å². The minimum atomic E-state index is -3.32. The zero-order valence-electron chi connectivity index (χ0n) is 14.7. The fraction of sp³-hybridized carbons (Fsp3) is 0.250. The second-order valence-electron chi connectivity index (χ2n) is 6.78. The molecule has 1 heterocycles. The Morgan fingerprint density at radius 1 is 1.04 bits per heavy atom. The summed E-state index contributed by atoms with van der Waals surface area (Å²) < 4.78 is 42.2. The average molecular weight is 374 g/mol. The van der Waals surface area contributed by atoms with Crippen LogP contribution in [0.1, 0.15) is 30.5 Å². The predicted octanol–water partition coefficient (Wildman–Crippen LogP) is 3.81. The van der Waals surface area contributed by atoms with Crippen LogP contribution in [0.2, 0.25) is 0 Å². The molecule has 2 aromatic rings. The fourth-order valence-electron chi connectivity index (χ4n) is 2.89. The Hall–Kier alpha value is -2.47. The molecule has 0 saturated carbocycles. The first-order chi connectivity index (χ1) is 12.1. The van der Waals surface area contributed by atoms with Crippen LogP contribution in [0.4, 0.5) is 4.39 Å². The molecule has 0 spiro atoms. The molecule has 0 unspecified atom stereocenters. The van der Waals surface area contributed by atoms with Crippen LogP contribution in [0.25, 0.3) is 11.3 Å². The van der Waals surface area contributed by atoms with Gasteiger partial charge in [0.25, 0.3) is 0 Å². The molecule has 136 valence electrons. The Labute approximate surface area is 152 Å². The largest absolute Gasteiger partial charge is 0.478 e. The van der Waals surface area contributed by atoms with Crippen molar-refractivity contribution < 1.29 is 22.3 Å². The number of halogens is 1. The SMILES string of the molecule is CC1(C)OC(c2ccc(S(C)(=O)=O)cc2)=C(c2cccc(CF)c2)C1=O. The Kier molecular flexibility index (Phi) is 4.48. The Balaban J connectivity index is 2.16. The van der Waals surface area contributed by atoms with Gasteiger partial charge in [0.1, 0.15) is 12.4 Å². The molecule has 0 aliphatic carbocycles. The van der Waals surface area contributed by atoms with Gasteiger partial charge in [-0.15, -0.1) is 0 Å². The van der Waals surface area contributed by atoms with E-state index in [4.69, 9.17) is 4.74 Å². The molecule has 3 rings (SSSR count). The number of sulfone groups is 1. The van der Waals surface area contributed by atoms with Crippen LogP contribution in [-0.2, 0) is 26.0 Å². The summed E-state index contributed by atoms with van der Waals surface area (Å²) in [4.78, 5) is 13.1. The lowest BCUT2D eigenvalue weighted by molar-refractivity contribution is -0.125. The summed E-state index contributed by atoms with van der Waals surface area (Å²) in [6.07, 6.45) is 1.13. The summed E-state index contributed by atoms with van der Waals surface area (Å²) in [7, 11) is -3.32. The van der Waals surface area contributed by atoms with E-state index < -0.39 is 22.1 Å². The van der Waals surface area contributed by atoms with Crippen molar-refractivity contribution in [1.82, 2.24) is 0 Å². The van der Waals surface area contributed by atoms with E-state index in [-0.39, 0.29) is 10.7 Å². The smallest absolute Gasteiger partial charge is 0.210 e. The molecule has 0 bridgehead atoms. The molecule has 1 aliphatic heterocycles. The van der Waals surface area contributed by atoms with E-state index in [1.807, 2.05) is 0 Å². The summed E-state index contributed by atoms with van der Waals surface area (Å²) in [6, 6.07) is 12.9. The van der Waals surface area contributed by atoms with Crippen molar-refractivity contribution in [3.63, 3.8) is 0 Å². The van der Waals surface area contributed by atoms with Gasteiger partial charge in [0.15, 0.2) is 15.4 Å². The lowest BCUT2D eigenvalue weighted by Crippen LogP contribution is -2.29. The lowest BCUT2D eigenvalue weighted by atomic mass is 9.92. The van der Waals surface area contributed by atoms with Crippen LogP contribution < -0.4 is 0 Å². The minimum Gasteiger partial charge on any atom is -0.478 e. The predicted molar refractivity (Wildman–Crippen MR) is 97.8 cm³/mol. The maximum absolute atomic E-state index is 13.0. The molecule has 4 nitrogen and oxygen atoms in total. The first-order valence-electron chi connectivity index (χ1n) is 8.07. The van der Waals surface area contributed by atoms with Crippen molar-refractivity contribution in [2.45, 2.75) is 31.0 Å². The molecular weight excluding hydrogens is 355 g/mol. The van der Waals surface area contributed by atoms with E-state index in [2.05, 4.69) is 0 Å². The summed E-state index contributed by atoms with van der Waals surface area (Å²) >= 11 is 0. The van der Waals surface area contributed by atoms with Crippen LogP contribution in [0.5, 0.6) is 0 Å². The van der Waals surface area contributed by atoms with E-state index in [9.17, 15) is 17.6 Å². The normalized spacial score (nSPS) is 16.7. The van der Waals surface area contributed by atoms with Gasteiger partial charge in [-0.2, -0.15) is 0 Å². The van der Waals surface area contributed by atoms with Crippen molar-refractivity contribution >= 4 is 27.0 Å². The second kappa shape index (κ2) is 6.36. The molecule has 0 aromatic heterocycles. The van der Waals surface area contributed by atoms with E-state index in [1.165, 1.54) is 12.1 Å². The number of Topliss-reactive ketones (excluding diaryl/α,β-unsaturated/α-hetero) is 1. The monoisotopic (exact) mass is 374 g/mol. The number of ether oxygens (including phenoxy) is 1. The van der Waals surface area contributed by atoms with Crippen LogP contribution in [-0.4, -0.2) is 26.1 Å². The van der Waals surface area contributed by atoms with Crippen LogP contribution in [0.3, 0.4) is 0 Å². The van der Waals surface area contributed by atoms with Gasteiger partial charge < -0.3 is 4.74 Å². The number of carbonyl (C=O) groups excluding carboxylic acids is 1. The molecule has 1 aliphatic rings. The number of benzene rings is 2. The molecule has 6 heteroatoms. The number of ketones is 1. The highest BCUT2D eigenvalue weighted by Crippen LogP contribution is 2.41. The van der Waals surface area contributed by atoms with Crippen molar-refractivity contribution in [2.24, 2.45) is 0 Å². The van der Waals surface area contributed by atoms with Gasteiger partial charge in [0, 0.05) is 11.8 Å². The molecule has 0 atom stereocenters. The molecule has 0 amide bonds. The summed E-state index contributed by atoms with van der Waals surface area (Å²) in [5.41, 5.74) is 0.970. The second-order valence-corrected chi connectivity index (χ2v) is 8.79. The van der Waals surface area contributed by atoms with Crippen molar-refractivity contribution in [2.75, 3.05) is 6.26 Å². The molecule has 2 aromatic carbocycles. The zero-order valence-corrected chi connectivity index (χ0v) is 15.6. The third-order valence-corrected chi connectivity index (χ3v) is 5.40. The highest BCUT2D eigenvalue weighted by Gasteiger charge is 2.42. The molecule has 0 N–H and O–H groups in total. The van der Waals surface area contributed by atoms with Gasteiger partial charge in [0.2, 0.25) is 5.78 Å². The highest BCUT2D eigenvalue weighted by atomic mass is 32.2. The van der Waals surface area contributed by atoms with Gasteiger partial charge in [-0.05, 0) is 55.3 Å². The number of hydrogen-bond acceptors (Lipinski definition) is 4. The maximum Gasteiger partial charge on any atom is 0.210 e. The van der Waals surface area contributed by atoms with E-state index in [0.717, 1.165) is 6.26 Å². The molecule has 0 radical (unpaired) electrons. The van der Waals surface area contributed by atoms with E-state index in [0.29, 0.717) is 28.0 Å². The number of alkyl halides is 1. The van der Waals surface area contributed by atoms with Gasteiger partial charge in [-0.1, -0.05) is 18.2 Å².